The summed E-state index contributed by atoms with van der Waals surface area (Å²) in [5, 5.41) is 2.68. The molecule has 0 amide bonds. The molecule has 1 nitrogen and oxygen atoms in total. The Kier molecular flexibility index (Phi) is 3.67. The summed E-state index contributed by atoms with van der Waals surface area (Å²) in [6, 6.07) is 9.52. The van der Waals surface area contributed by atoms with Crippen LogP contribution >= 0.6 is 38.9 Å². The van der Waals surface area contributed by atoms with Crippen molar-refractivity contribution in [3.05, 3.63) is 50.1 Å². The molecule has 1 heterocycles. The highest BCUT2D eigenvalue weighted by molar-refractivity contribution is 9.10. The van der Waals surface area contributed by atoms with Crippen LogP contribution in [0.25, 0.3) is 0 Å². The first-order valence-electron chi connectivity index (χ1n) is 4.36. The monoisotopic (exact) mass is 302 g/mol. The lowest BCUT2D eigenvalue weighted by atomic mass is 10.3. The minimum Gasteiger partial charge on any atom is -0.487 e. The molecule has 0 saturated heterocycles. The van der Waals surface area contributed by atoms with E-state index in [4.69, 9.17) is 16.3 Å². The van der Waals surface area contributed by atoms with E-state index in [0.29, 0.717) is 11.6 Å². The van der Waals surface area contributed by atoms with Crippen LogP contribution in [0, 0.1) is 0 Å². The summed E-state index contributed by atoms with van der Waals surface area (Å²) in [6.07, 6.45) is 0. The lowest BCUT2D eigenvalue weighted by molar-refractivity contribution is 0.310. The van der Waals surface area contributed by atoms with Crippen LogP contribution in [0.3, 0.4) is 0 Å². The van der Waals surface area contributed by atoms with Gasteiger partial charge in [-0.2, -0.15) is 0 Å². The predicted octanol–water partition coefficient (Wildman–Crippen LogP) is 4.74. The van der Waals surface area contributed by atoms with Gasteiger partial charge in [0.2, 0.25) is 0 Å². The standard InChI is InChI=1S/C11H8BrClOS/c12-8-5-9(15-7-8)6-14-11-4-2-1-3-10(11)13/h1-5,7H,6H2. The number of hydrogen-bond acceptors (Lipinski definition) is 2. The first-order valence-corrected chi connectivity index (χ1v) is 6.41. The quantitative estimate of drug-likeness (QED) is 0.795. The van der Waals surface area contributed by atoms with E-state index in [1.165, 1.54) is 4.88 Å². The number of benzene rings is 1. The van der Waals surface area contributed by atoms with Crippen LogP contribution in [0.1, 0.15) is 4.88 Å². The minimum atomic E-state index is 0.556. The first kappa shape index (κ1) is 11.0. The van der Waals surface area contributed by atoms with Crippen molar-refractivity contribution in [1.29, 1.82) is 0 Å². The van der Waals surface area contributed by atoms with E-state index in [-0.39, 0.29) is 0 Å². The van der Waals surface area contributed by atoms with Crippen molar-refractivity contribution < 1.29 is 4.74 Å². The molecule has 0 saturated carbocycles. The molecule has 0 aliphatic rings. The molecular weight excluding hydrogens is 296 g/mol. The predicted molar refractivity (Wildman–Crippen MR) is 67.8 cm³/mol. The summed E-state index contributed by atoms with van der Waals surface area (Å²) >= 11 is 11.0. The Balaban J connectivity index is 2.02. The number of halogens is 2. The zero-order valence-electron chi connectivity index (χ0n) is 7.74. The Bertz CT molecular complexity index is 455. The van der Waals surface area contributed by atoms with E-state index in [1.807, 2.05) is 35.7 Å². The second-order valence-electron chi connectivity index (χ2n) is 2.95. The van der Waals surface area contributed by atoms with Crippen molar-refractivity contribution >= 4 is 38.9 Å². The zero-order valence-corrected chi connectivity index (χ0v) is 10.9. The van der Waals surface area contributed by atoms with E-state index >= 15 is 0 Å². The smallest absolute Gasteiger partial charge is 0.138 e. The van der Waals surface area contributed by atoms with Gasteiger partial charge in [0.1, 0.15) is 12.4 Å². The van der Waals surface area contributed by atoms with Gasteiger partial charge in [0.05, 0.1) is 5.02 Å². The van der Waals surface area contributed by atoms with E-state index in [9.17, 15) is 0 Å². The third-order valence-corrected chi connectivity index (χ3v) is 3.81. The molecule has 0 aliphatic carbocycles. The second kappa shape index (κ2) is 5.01. The van der Waals surface area contributed by atoms with Gasteiger partial charge in [-0.05, 0) is 34.1 Å². The molecule has 1 aromatic heterocycles. The van der Waals surface area contributed by atoms with Crippen LogP contribution in [0.5, 0.6) is 5.75 Å². The van der Waals surface area contributed by atoms with Crippen LogP contribution in [-0.4, -0.2) is 0 Å². The molecule has 0 radical (unpaired) electrons. The van der Waals surface area contributed by atoms with Crippen LogP contribution in [0.15, 0.2) is 40.2 Å². The van der Waals surface area contributed by atoms with Crippen molar-refractivity contribution in [3.63, 3.8) is 0 Å². The first-order chi connectivity index (χ1) is 7.25. The molecule has 0 aliphatic heterocycles. The molecule has 0 spiro atoms. The maximum atomic E-state index is 5.96. The Morgan fingerprint density at radius 1 is 1.33 bits per heavy atom. The molecule has 0 atom stereocenters. The molecule has 2 aromatic rings. The van der Waals surface area contributed by atoms with Crippen molar-refractivity contribution in [2.45, 2.75) is 6.61 Å². The van der Waals surface area contributed by atoms with Crippen LogP contribution in [0.4, 0.5) is 0 Å². The van der Waals surface area contributed by atoms with Gasteiger partial charge in [-0.25, -0.2) is 0 Å². The summed E-state index contributed by atoms with van der Waals surface area (Å²) in [7, 11) is 0. The number of ether oxygens (including phenoxy) is 1. The average Bonchev–Trinajstić information content (AvgIpc) is 2.63. The van der Waals surface area contributed by atoms with Gasteiger partial charge in [-0.1, -0.05) is 23.7 Å². The van der Waals surface area contributed by atoms with Gasteiger partial charge >= 0.3 is 0 Å². The van der Waals surface area contributed by atoms with E-state index < -0.39 is 0 Å². The van der Waals surface area contributed by atoms with Gasteiger partial charge in [-0.3, -0.25) is 0 Å². The molecule has 0 unspecified atom stereocenters. The van der Waals surface area contributed by atoms with Crippen molar-refractivity contribution in [2.75, 3.05) is 0 Å². The Hall–Kier alpha value is -0.510. The maximum Gasteiger partial charge on any atom is 0.138 e. The van der Waals surface area contributed by atoms with Gasteiger partial charge in [-0.15, -0.1) is 11.3 Å². The Morgan fingerprint density at radius 3 is 2.80 bits per heavy atom. The Morgan fingerprint density at radius 2 is 2.13 bits per heavy atom. The fourth-order valence-electron chi connectivity index (χ4n) is 1.14. The molecule has 0 fully saturated rings. The van der Waals surface area contributed by atoms with E-state index in [0.717, 1.165) is 10.2 Å². The summed E-state index contributed by atoms with van der Waals surface area (Å²) in [5.74, 6) is 0.726. The largest absolute Gasteiger partial charge is 0.487 e. The topological polar surface area (TPSA) is 9.23 Å². The lowest BCUT2D eigenvalue weighted by Crippen LogP contribution is -1.92. The minimum absolute atomic E-state index is 0.556. The number of para-hydroxylation sites is 1. The molecule has 2 rings (SSSR count). The van der Waals surface area contributed by atoms with E-state index in [2.05, 4.69) is 15.9 Å². The molecular formula is C11H8BrClOS. The summed E-state index contributed by atoms with van der Waals surface area (Å²) < 4.78 is 6.68. The summed E-state index contributed by atoms with van der Waals surface area (Å²) in [6.45, 7) is 0.556. The Labute approximate surface area is 106 Å². The third kappa shape index (κ3) is 2.97. The van der Waals surface area contributed by atoms with Crippen molar-refractivity contribution in [2.24, 2.45) is 0 Å². The maximum absolute atomic E-state index is 5.96. The summed E-state index contributed by atoms with van der Waals surface area (Å²) in [4.78, 5) is 1.17. The molecule has 15 heavy (non-hydrogen) atoms. The highest BCUT2D eigenvalue weighted by atomic mass is 79.9. The average molecular weight is 304 g/mol. The van der Waals surface area contributed by atoms with Crippen LogP contribution in [-0.2, 0) is 6.61 Å². The van der Waals surface area contributed by atoms with E-state index in [1.54, 1.807) is 11.3 Å². The highest BCUT2D eigenvalue weighted by Gasteiger charge is 2.02. The van der Waals surface area contributed by atoms with Crippen molar-refractivity contribution in [3.8, 4) is 5.75 Å². The molecule has 0 N–H and O–H groups in total. The lowest BCUT2D eigenvalue weighted by Gasteiger charge is -2.05. The van der Waals surface area contributed by atoms with Gasteiger partial charge in [0, 0.05) is 14.7 Å². The van der Waals surface area contributed by atoms with Gasteiger partial charge in [0.15, 0.2) is 0 Å². The number of thiophene rings is 1. The second-order valence-corrected chi connectivity index (χ2v) is 5.27. The fraction of sp³-hybridized carbons (Fsp3) is 0.0909. The van der Waals surface area contributed by atoms with Crippen molar-refractivity contribution in [1.82, 2.24) is 0 Å². The molecule has 0 bridgehead atoms. The SMILES string of the molecule is Clc1ccccc1OCc1cc(Br)cs1. The molecule has 78 valence electrons. The molecule has 4 heteroatoms. The van der Waals surface area contributed by atoms with Crippen LogP contribution < -0.4 is 4.74 Å². The fourth-order valence-corrected chi connectivity index (χ4v) is 2.69. The normalized spacial score (nSPS) is 10.3. The van der Waals surface area contributed by atoms with Gasteiger partial charge in [0.25, 0.3) is 0 Å². The molecule has 1 aromatic carbocycles. The zero-order chi connectivity index (χ0) is 10.7. The number of hydrogen-bond donors (Lipinski definition) is 0. The van der Waals surface area contributed by atoms with Crippen LogP contribution in [0.2, 0.25) is 5.02 Å². The highest BCUT2D eigenvalue weighted by Crippen LogP contribution is 2.26. The van der Waals surface area contributed by atoms with Gasteiger partial charge < -0.3 is 4.74 Å². The summed E-state index contributed by atoms with van der Waals surface area (Å²) in [5.41, 5.74) is 0. The number of rotatable bonds is 3. The third-order valence-electron chi connectivity index (χ3n) is 1.83.